The molecule has 4 aromatic rings. The van der Waals surface area contributed by atoms with Crippen molar-refractivity contribution < 1.29 is 19.4 Å². The number of rotatable bonds is 8. The molecule has 1 aliphatic rings. The zero-order valence-corrected chi connectivity index (χ0v) is 19.8. The van der Waals surface area contributed by atoms with Crippen molar-refractivity contribution in [2.24, 2.45) is 5.92 Å². The predicted molar refractivity (Wildman–Crippen MR) is 133 cm³/mol. The fraction of sp³-hybridized carbons (Fsp3) is 0.192. The number of carboxylic acids is 1. The molecule has 1 atom stereocenters. The van der Waals surface area contributed by atoms with E-state index in [1.165, 1.54) is 30.5 Å². The van der Waals surface area contributed by atoms with E-state index in [0.717, 1.165) is 17.6 Å². The molecular formula is C26H22ClN5O4. The van der Waals surface area contributed by atoms with Gasteiger partial charge in [-0.05, 0) is 60.9 Å². The summed E-state index contributed by atoms with van der Waals surface area (Å²) in [6.45, 7) is 0. The molecule has 0 radical (unpaired) electrons. The Hall–Kier alpha value is -4.24. The van der Waals surface area contributed by atoms with E-state index in [1.54, 1.807) is 47.4 Å². The van der Waals surface area contributed by atoms with Crippen LogP contribution < -0.4 is 10.0 Å². The van der Waals surface area contributed by atoms with E-state index in [1.807, 2.05) is 0 Å². The molecule has 1 unspecified atom stereocenters. The number of aromatic nitrogens is 4. The van der Waals surface area contributed by atoms with Gasteiger partial charge in [-0.25, -0.2) is 9.48 Å². The Balaban J connectivity index is 1.57. The van der Waals surface area contributed by atoms with Crippen molar-refractivity contribution in [3.05, 3.63) is 94.7 Å². The molecule has 2 aromatic heterocycles. The second kappa shape index (κ2) is 9.79. The van der Waals surface area contributed by atoms with Crippen LogP contribution in [0.25, 0.3) is 16.8 Å². The maximum absolute atomic E-state index is 13.6. The first kappa shape index (κ1) is 23.5. The van der Waals surface area contributed by atoms with Crippen LogP contribution in [0.15, 0.2) is 73.2 Å². The van der Waals surface area contributed by atoms with Gasteiger partial charge < -0.3 is 15.6 Å². The van der Waals surface area contributed by atoms with E-state index in [9.17, 15) is 14.8 Å². The summed E-state index contributed by atoms with van der Waals surface area (Å²) in [5.74, 6) is -1.79. The van der Waals surface area contributed by atoms with Gasteiger partial charge in [0.15, 0.2) is 6.20 Å². The van der Waals surface area contributed by atoms with Gasteiger partial charge in [0.2, 0.25) is 11.6 Å². The fourth-order valence-electron chi connectivity index (χ4n) is 4.29. The Morgan fingerprint density at radius 1 is 1.17 bits per heavy atom. The molecule has 10 heteroatoms. The maximum Gasteiger partial charge on any atom is 0.335 e. The summed E-state index contributed by atoms with van der Waals surface area (Å²) in [5.41, 5.74) is 2.76. The van der Waals surface area contributed by atoms with E-state index in [4.69, 9.17) is 16.7 Å². The van der Waals surface area contributed by atoms with Gasteiger partial charge in [0.05, 0.1) is 29.2 Å². The molecule has 1 fully saturated rings. The molecular weight excluding hydrogens is 482 g/mol. The number of hydrogen-bond donors (Lipinski definition) is 2. The van der Waals surface area contributed by atoms with E-state index in [-0.39, 0.29) is 11.5 Å². The summed E-state index contributed by atoms with van der Waals surface area (Å²) >= 11 is 6.35. The number of benzene rings is 2. The first-order valence-corrected chi connectivity index (χ1v) is 11.8. The number of nitrogens with zero attached hydrogens (tertiary/aromatic N) is 4. The summed E-state index contributed by atoms with van der Waals surface area (Å²) in [6, 6.07) is 14.6. The number of carbonyl (C=O) groups is 2. The highest BCUT2D eigenvalue weighted by molar-refractivity contribution is 6.31. The second-order valence-corrected chi connectivity index (χ2v) is 9.18. The van der Waals surface area contributed by atoms with Crippen LogP contribution in [0.2, 0.25) is 5.02 Å². The lowest BCUT2D eigenvalue weighted by atomic mass is 9.90. The SMILES string of the molecule is O=C(O)c1ccc(NC(=O)C(CC2CC2)c2c(-c3cc(Cl)ccc3-n3ccnn3)ccc[n+]2[O-])cc1. The normalized spacial score (nSPS) is 13.8. The zero-order chi connectivity index (χ0) is 25.2. The van der Waals surface area contributed by atoms with Crippen LogP contribution in [-0.4, -0.2) is 32.0 Å². The largest absolute Gasteiger partial charge is 0.618 e. The Bertz CT molecular complexity index is 1420. The molecule has 36 heavy (non-hydrogen) atoms. The van der Waals surface area contributed by atoms with Gasteiger partial charge in [-0.1, -0.05) is 29.7 Å². The van der Waals surface area contributed by atoms with Crippen LogP contribution in [0, 0.1) is 11.1 Å². The number of amides is 1. The van der Waals surface area contributed by atoms with E-state index >= 15 is 0 Å². The molecule has 1 aliphatic carbocycles. The van der Waals surface area contributed by atoms with E-state index in [0.29, 0.717) is 45.6 Å². The second-order valence-electron chi connectivity index (χ2n) is 8.75. The van der Waals surface area contributed by atoms with Gasteiger partial charge in [-0.15, -0.1) is 5.10 Å². The predicted octanol–water partition coefficient (Wildman–Crippen LogP) is 4.44. The van der Waals surface area contributed by atoms with E-state index < -0.39 is 11.9 Å². The van der Waals surface area contributed by atoms with Crippen LogP contribution in [0.5, 0.6) is 0 Å². The average Bonchev–Trinajstić information content (AvgIpc) is 3.52. The third-order valence-corrected chi connectivity index (χ3v) is 6.46. The Labute approximate surface area is 211 Å². The lowest BCUT2D eigenvalue weighted by Crippen LogP contribution is -2.38. The number of hydrogen-bond acceptors (Lipinski definition) is 5. The van der Waals surface area contributed by atoms with Gasteiger partial charge in [-0.3, -0.25) is 4.79 Å². The fourth-order valence-corrected chi connectivity index (χ4v) is 4.46. The average molecular weight is 504 g/mol. The summed E-state index contributed by atoms with van der Waals surface area (Å²) in [5, 5.41) is 33.7. The molecule has 2 aromatic carbocycles. The Morgan fingerprint density at radius 2 is 1.94 bits per heavy atom. The summed E-state index contributed by atoms with van der Waals surface area (Å²) in [6.07, 6.45) is 7.14. The van der Waals surface area contributed by atoms with Gasteiger partial charge in [0.25, 0.3) is 0 Å². The molecule has 182 valence electrons. The molecule has 1 amide bonds. The smallest absolute Gasteiger partial charge is 0.335 e. The Kier molecular flexibility index (Phi) is 6.39. The standard InChI is InChI=1S/C26H22ClN5O4/c27-18-7-10-23(31-13-11-28-30-31)21(15-18)20-2-1-12-32(36)24(20)22(14-16-3-4-16)25(33)29-19-8-5-17(6-9-19)26(34)35/h1-2,5-13,15-16,22H,3-4,14H2,(H,29,33)(H,34,35). The minimum absolute atomic E-state index is 0.117. The molecule has 9 nitrogen and oxygen atoms in total. The van der Waals surface area contributed by atoms with Gasteiger partial charge >= 0.3 is 5.97 Å². The van der Waals surface area contributed by atoms with Crippen molar-refractivity contribution in [2.45, 2.75) is 25.2 Å². The van der Waals surface area contributed by atoms with Crippen molar-refractivity contribution in [3.8, 4) is 16.8 Å². The van der Waals surface area contributed by atoms with Gasteiger partial charge in [0, 0.05) is 22.3 Å². The quantitative estimate of drug-likeness (QED) is 0.270. The number of anilines is 1. The molecule has 5 rings (SSSR count). The van der Waals surface area contributed by atoms with Crippen LogP contribution in [-0.2, 0) is 4.79 Å². The van der Waals surface area contributed by atoms with Crippen LogP contribution in [0.1, 0.15) is 41.2 Å². The van der Waals surface area contributed by atoms with Gasteiger partial charge in [0.1, 0.15) is 5.92 Å². The summed E-state index contributed by atoms with van der Waals surface area (Å²) in [4.78, 5) is 24.7. The monoisotopic (exact) mass is 503 g/mol. The molecule has 0 aliphatic heterocycles. The van der Waals surface area contributed by atoms with Crippen molar-refractivity contribution in [1.82, 2.24) is 15.0 Å². The molecule has 0 spiro atoms. The molecule has 2 heterocycles. The van der Waals surface area contributed by atoms with Crippen molar-refractivity contribution >= 4 is 29.2 Å². The third-order valence-electron chi connectivity index (χ3n) is 6.23. The Morgan fingerprint density at radius 3 is 2.61 bits per heavy atom. The topological polar surface area (TPSA) is 124 Å². The van der Waals surface area contributed by atoms with Crippen LogP contribution >= 0.6 is 11.6 Å². The first-order chi connectivity index (χ1) is 17.4. The minimum Gasteiger partial charge on any atom is -0.618 e. The summed E-state index contributed by atoms with van der Waals surface area (Å²) in [7, 11) is 0. The molecule has 2 N–H and O–H groups in total. The third kappa shape index (κ3) is 4.92. The number of nitrogens with one attached hydrogen (secondary N) is 1. The number of carbonyl (C=O) groups excluding carboxylic acids is 1. The highest BCUT2D eigenvalue weighted by Gasteiger charge is 2.37. The first-order valence-electron chi connectivity index (χ1n) is 11.4. The van der Waals surface area contributed by atoms with Crippen LogP contribution in [0.3, 0.4) is 0 Å². The van der Waals surface area contributed by atoms with E-state index in [2.05, 4.69) is 15.6 Å². The van der Waals surface area contributed by atoms with Crippen LogP contribution in [0.4, 0.5) is 5.69 Å². The highest BCUT2D eigenvalue weighted by atomic mass is 35.5. The number of halogens is 1. The van der Waals surface area contributed by atoms with Crippen molar-refractivity contribution in [3.63, 3.8) is 0 Å². The number of carboxylic acid groups (broad SMARTS) is 1. The molecule has 0 bridgehead atoms. The lowest BCUT2D eigenvalue weighted by Gasteiger charge is -2.20. The van der Waals surface area contributed by atoms with Crippen molar-refractivity contribution in [2.75, 3.05) is 5.32 Å². The minimum atomic E-state index is -1.05. The number of aromatic carboxylic acids is 1. The van der Waals surface area contributed by atoms with Gasteiger partial charge in [-0.2, -0.15) is 4.73 Å². The molecule has 1 saturated carbocycles. The summed E-state index contributed by atoms with van der Waals surface area (Å²) < 4.78 is 2.32. The molecule has 0 saturated heterocycles. The number of pyridine rings is 1. The zero-order valence-electron chi connectivity index (χ0n) is 19.0. The highest BCUT2D eigenvalue weighted by Crippen LogP contribution is 2.41. The maximum atomic E-state index is 13.6. The lowest BCUT2D eigenvalue weighted by molar-refractivity contribution is -0.614. The van der Waals surface area contributed by atoms with Crippen molar-refractivity contribution in [1.29, 1.82) is 0 Å².